The van der Waals surface area contributed by atoms with Crippen LogP contribution in [0.25, 0.3) is 0 Å². The molecule has 3 rings (SSSR count). The average Bonchev–Trinajstić information content (AvgIpc) is 3.45. The van der Waals surface area contributed by atoms with E-state index < -0.39 is 12.0 Å². The van der Waals surface area contributed by atoms with Gasteiger partial charge in [-0.05, 0) is 49.7 Å². The van der Waals surface area contributed by atoms with Gasteiger partial charge in [0.1, 0.15) is 6.61 Å². The Bertz CT molecular complexity index is 1100. The second kappa shape index (κ2) is 16.4. The lowest BCUT2D eigenvalue weighted by molar-refractivity contribution is -0.149. The molecule has 1 heterocycles. The van der Waals surface area contributed by atoms with Gasteiger partial charge in [0.15, 0.2) is 0 Å². The van der Waals surface area contributed by atoms with Crippen molar-refractivity contribution in [1.29, 1.82) is 0 Å². The molecule has 1 fully saturated rings. The fourth-order valence-electron chi connectivity index (χ4n) is 5.20. The van der Waals surface area contributed by atoms with Gasteiger partial charge in [-0.15, -0.1) is 13.2 Å². The van der Waals surface area contributed by atoms with E-state index in [1.54, 1.807) is 17.1 Å². The number of hydrogen-bond donors (Lipinski definition) is 2. The quantitative estimate of drug-likeness (QED) is 0.242. The Morgan fingerprint density at radius 1 is 0.950 bits per heavy atom. The van der Waals surface area contributed by atoms with Crippen LogP contribution in [0.15, 0.2) is 86.0 Å². The van der Waals surface area contributed by atoms with Crippen molar-refractivity contribution in [2.24, 2.45) is 11.8 Å². The number of allylic oxidation sites excluding steroid dienone is 2. The molecule has 7 nitrogen and oxygen atoms in total. The van der Waals surface area contributed by atoms with Gasteiger partial charge in [0.05, 0.1) is 30.5 Å². The zero-order valence-corrected chi connectivity index (χ0v) is 23.3. The second-order valence-corrected chi connectivity index (χ2v) is 10.4. The predicted octanol–water partition coefficient (Wildman–Crippen LogP) is 4.26. The number of nitrogens with zero attached hydrogens (tertiary/aromatic N) is 1. The molecule has 1 saturated heterocycles. The summed E-state index contributed by atoms with van der Waals surface area (Å²) in [6.07, 6.45) is 6.83. The van der Waals surface area contributed by atoms with Crippen LogP contribution in [0.2, 0.25) is 0 Å². The van der Waals surface area contributed by atoms with Gasteiger partial charge in [0.25, 0.3) is 0 Å². The minimum absolute atomic E-state index is 0.00929. The number of esters is 1. The third-order valence-electron chi connectivity index (χ3n) is 7.36. The van der Waals surface area contributed by atoms with Crippen molar-refractivity contribution in [2.75, 3.05) is 19.8 Å². The number of carbonyl (C=O) groups is 3. The Morgan fingerprint density at radius 3 is 2.15 bits per heavy atom. The van der Waals surface area contributed by atoms with Crippen LogP contribution in [0.3, 0.4) is 0 Å². The Balaban J connectivity index is 1.68. The van der Waals surface area contributed by atoms with Crippen LogP contribution >= 0.6 is 0 Å². The second-order valence-electron chi connectivity index (χ2n) is 10.4. The van der Waals surface area contributed by atoms with Crippen molar-refractivity contribution in [3.63, 3.8) is 0 Å². The molecule has 0 aromatic heterocycles. The SMILES string of the molecule is C=CC[C@H](CC(=O)N1CCC[C@H]1CO)C(=O)N[C@H](COC(=O)[C@H](CC=C)Cc1ccccc1)Cc1ccccc1. The molecule has 2 aromatic carbocycles. The van der Waals surface area contributed by atoms with Gasteiger partial charge < -0.3 is 20.1 Å². The van der Waals surface area contributed by atoms with E-state index in [2.05, 4.69) is 18.5 Å². The highest BCUT2D eigenvalue weighted by molar-refractivity contribution is 5.86. The highest BCUT2D eigenvalue weighted by Gasteiger charge is 2.32. The summed E-state index contributed by atoms with van der Waals surface area (Å²) in [5.41, 5.74) is 2.04. The Hall–Kier alpha value is -3.71. The van der Waals surface area contributed by atoms with Gasteiger partial charge in [-0.1, -0.05) is 72.8 Å². The van der Waals surface area contributed by atoms with E-state index in [1.165, 1.54) is 0 Å². The van der Waals surface area contributed by atoms with Crippen LogP contribution in [0.5, 0.6) is 0 Å². The standard InChI is InChI=1S/C33H42N2O5/c1-3-12-27(22-31(37)35-19-11-18-30(35)23-36)32(38)34-29(21-26-16-9-6-10-17-26)24-40-33(39)28(13-4-2)20-25-14-7-5-8-15-25/h3-10,14-17,27-30,36H,1-2,11-13,18-24H2,(H,34,38)/t27-,28-,29+,30+/m1/s1. The zero-order chi connectivity index (χ0) is 28.7. The monoisotopic (exact) mass is 546 g/mol. The maximum Gasteiger partial charge on any atom is 0.309 e. The predicted molar refractivity (Wildman–Crippen MR) is 156 cm³/mol. The topological polar surface area (TPSA) is 95.9 Å². The molecule has 7 heteroatoms. The number of nitrogens with one attached hydrogen (secondary N) is 1. The maximum absolute atomic E-state index is 13.4. The number of aliphatic hydroxyl groups excluding tert-OH is 1. The molecule has 214 valence electrons. The van der Waals surface area contributed by atoms with E-state index in [4.69, 9.17) is 4.74 Å². The first-order valence-corrected chi connectivity index (χ1v) is 14.1. The number of ether oxygens (including phenoxy) is 1. The molecule has 1 aliphatic heterocycles. The van der Waals surface area contributed by atoms with Crippen LogP contribution < -0.4 is 5.32 Å². The van der Waals surface area contributed by atoms with Crippen molar-refractivity contribution in [1.82, 2.24) is 10.2 Å². The lowest BCUT2D eigenvalue weighted by Gasteiger charge is -2.26. The van der Waals surface area contributed by atoms with E-state index in [0.717, 1.165) is 24.0 Å². The zero-order valence-electron chi connectivity index (χ0n) is 23.3. The summed E-state index contributed by atoms with van der Waals surface area (Å²) in [5.74, 6) is -1.74. The number of aliphatic hydroxyl groups is 1. The van der Waals surface area contributed by atoms with Crippen molar-refractivity contribution >= 4 is 17.8 Å². The fraction of sp³-hybridized carbons (Fsp3) is 0.424. The van der Waals surface area contributed by atoms with Crippen molar-refractivity contribution in [2.45, 2.75) is 57.0 Å². The number of likely N-dealkylation sites (tertiary alicyclic amines) is 1. The van der Waals surface area contributed by atoms with Crippen LogP contribution in [0, 0.1) is 11.8 Å². The minimum Gasteiger partial charge on any atom is -0.463 e. The molecule has 0 aliphatic carbocycles. The Labute approximate surface area is 237 Å². The molecular weight excluding hydrogens is 504 g/mol. The molecule has 0 saturated carbocycles. The van der Waals surface area contributed by atoms with E-state index in [0.29, 0.717) is 32.2 Å². The molecule has 1 aliphatic rings. The molecule has 40 heavy (non-hydrogen) atoms. The first kappa shape index (κ1) is 30.8. The summed E-state index contributed by atoms with van der Waals surface area (Å²) in [6.45, 7) is 8.09. The highest BCUT2D eigenvalue weighted by Crippen LogP contribution is 2.21. The molecule has 4 atom stereocenters. The smallest absolute Gasteiger partial charge is 0.309 e. The number of rotatable bonds is 16. The average molecular weight is 547 g/mol. The van der Waals surface area contributed by atoms with Gasteiger partial charge in [-0.25, -0.2) is 0 Å². The summed E-state index contributed by atoms with van der Waals surface area (Å²) in [6, 6.07) is 18.8. The summed E-state index contributed by atoms with van der Waals surface area (Å²) in [4.78, 5) is 41.2. The first-order valence-electron chi connectivity index (χ1n) is 14.1. The van der Waals surface area contributed by atoms with Crippen LogP contribution in [-0.4, -0.2) is 59.6 Å². The van der Waals surface area contributed by atoms with E-state index >= 15 is 0 Å². The molecule has 0 bridgehead atoms. The lowest BCUT2D eigenvalue weighted by Crippen LogP contribution is -2.45. The van der Waals surface area contributed by atoms with Gasteiger partial charge >= 0.3 is 5.97 Å². The van der Waals surface area contributed by atoms with Crippen molar-refractivity contribution in [3.05, 3.63) is 97.1 Å². The Kier molecular flexibility index (Phi) is 12.6. The molecule has 2 N–H and O–H groups in total. The van der Waals surface area contributed by atoms with Crippen LogP contribution in [-0.2, 0) is 32.0 Å². The third kappa shape index (κ3) is 9.49. The lowest BCUT2D eigenvalue weighted by atomic mass is 9.96. The molecule has 2 amide bonds. The van der Waals surface area contributed by atoms with Crippen LogP contribution in [0.4, 0.5) is 0 Å². The van der Waals surface area contributed by atoms with Gasteiger partial charge in [-0.3, -0.25) is 14.4 Å². The largest absolute Gasteiger partial charge is 0.463 e. The summed E-state index contributed by atoms with van der Waals surface area (Å²) >= 11 is 0. The summed E-state index contributed by atoms with van der Waals surface area (Å²) < 4.78 is 5.77. The maximum atomic E-state index is 13.4. The number of benzene rings is 2. The number of amides is 2. The minimum atomic E-state index is -0.606. The molecular formula is C33H42N2O5. The molecule has 2 aromatic rings. The number of hydrogen-bond acceptors (Lipinski definition) is 5. The molecule has 0 spiro atoms. The van der Waals surface area contributed by atoms with Gasteiger partial charge in [0.2, 0.25) is 11.8 Å². The van der Waals surface area contributed by atoms with E-state index in [1.807, 2.05) is 60.7 Å². The van der Waals surface area contributed by atoms with Gasteiger partial charge in [-0.2, -0.15) is 0 Å². The van der Waals surface area contributed by atoms with E-state index in [-0.39, 0.29) is 49.4 Å². The summed E-state index contributed by atoms with van der Waals surface area (Å²) in [5, 5.41) is 12.7. The summed E-state index contributed by atoms with van der Waals surface area (Å²) in [7, 11) is 0. The fourth-order valence-corrected chi connectivity index (χ4v) is 5.20. The number of carbonyl (C=O) groups excluding carboxylic acids is 3. The molecule has 0 unspecified atom stereocenters. The van der Waals surface area contributed by atoms with Crippen molar-refractivity contribution in [3.8, 4) is 0 Å². The van der Waals surface area contributed by atoms with Crippen molar-refractivity contribution < 1.29 is 24.2 Å². The van der Waals surface area contributed by atoms with Crippen LogP contribution in [0.1, 0.15) is 43.2 Å². The third-order valence-corrected chi connectivity index (χ3v) is 7.36. The first-order chi connectivity index (χ1) is 19.4. The van der Waals surface area contributed by atoms with E-state index in [9.17, 15) is 19.5 Å². The Morgan fingerprint density at radius 2 is 1.55 bits per heavy atom. The highest BCUT2D eigenvalue weighted by atomic mass is 16.5. The normalized spacial score (nSPS) is 16.9. The van der Waals surface area contributed by atoms with Gasteiger partial charge in [0, 0.05) is 13.0 Å². The molecule has 0 radical (unpaired) electrons.